The number of nitrogens with one attached hydrogen (secondary N) is 2. The molecule has 1 fully saturated rings. The van der Waals surface area contributed by atoms with Crippen molar-refractivity contribution in [3.8, 4) is 0 Å². The molecule has 5 nitrogen and oxygen atoms in total. The van der Waals surface area contributed by atoms with Gasteiger partial charge in [0.2, 0.25) is 0 Å². The molecular formula is C36H46N4O. The summed E-state index contributed by atoms with van der Waals surface area (Å²) in [5.41, 5.74) is 3.55. The van der Waals surface area contributed by atoms with Gasteiger partial charge in [-0.25, -0.2) is 0 Å². The molecule has 2 aromatic heterocycles. The van der Waals surface area contributed by atoms with E-state index in [1.165, 1.54) is 35.6 Å². The highest BCUT2D eigenvalue weighted by Crippen LogP contribution is 2.56. The molecule has 4 aliphatic rings. The van der Waals surface area contributed by atoms with Gasteiger partial charge in [-0.1, -0.05) is 42.5 Å². The Bertz CT molecular complexity index is 1470. The van der Waals surface area contributed by atoms with Crippen molar-refractivity contribution < 1.29 is 5.11 Å². The SMILES string of the molecule is OC12C=C(c3nccc4c3[nH]c3ccccc34)C3CCN(CCCC/C=C\CC1)CC31CC/C=C\CCCCNC21. The second-order valence-corrected chi connectivity index (χ2v) is 13.1. The van der Waals surface area contributed by atoms with E-state index in [0.29, 0.717) is 5.92 Å². The van der Waals surface area contributed by atoms with Crippen LogP contribution in [0.15, 0.2) is 66.9 Å². The molecule has 1 saturated heterocycles. The molecule has 216 valence electrons. The number of aromatic amines is 1. The Labute approximate surface area is 244 Å². The summed E-state index contributed by atoms with van der Waals surface area (Å²) in [5.74, 6) is 0.343. The van der Waals surface area contributed by atoms with Crippen LogP contribution >= 0.6 is 0 Å². The molecule has 3 aliphatic heterocycles. The smallest absolute Gasteiger partial charge is 0.0995 e. The topological polar surface area (TPSA) is 64.2 Å². The van der Waals surface area contributed by atoms with Crippen molar-refractivity contribution in [3.05, 3.63) is 72.6 Å². The average Bonchev–Trinajstić information content (AvgIpc) is 3.35. The number of hydrogen-bond donors (Lipinski definition) is 3. The monoisotopic (exact) mass is 550 g/mol. The molecule has 3 aromatic rings. The van der Waals surface area contributed by atoms with E-state index < -0.39 is 5.60 Å². The van der Waals surface area contributed by atoms with E-state index in [0.717, 1.165) is 94.3 Å². The van der Waals surface area contributed by atoms with E-state index >= 15 is 0 Å². The second-order valence-electron chi connectivity index (χ2n) is 13.1. The van der Waals surface area contributed by atoms with Gasteiger partial charge in [-0.2, -0.15) is 0 Å². The van der Waals surface area contributed by atoms with E-state index in [1.807, 2.05) is 6.20 Å². The van der Waals surface area contributed by atoms with Crippen LogP contribution < -0.4 is 5.32 Å². The zero-order valence-electron chi connectivity index (χ0n) is 24.5. The zero-order valence-corrected chi connectivity index (χ0v) is 24.5. The van der Waals surface area contributed by atoms with Crippen LogP contribution in [0.1, 0.15) is 76.3 Å². The summed E-state index contributed by atoms with van der Waals surface area (Å²) in [6, 6.07) is 10.7. The predicted octanol–water partition coefficient (Wildman–Crippen LogP) is 7.15. The summed E-state index contributed by atoms with van der Waals surface area (Å²) in [7, 11) is 0. The minimum absolute atomic E-state index is 0.0223. The number of benzene rings is 1. The lowest BCUT2D eigenvalue weighted by Crippen LogP contribution is -2.68. The van der Waals surface area contributed by atoms with Gasteiger partial charge in [0.25, 0.3) is 0 Å². The van der Waals surface area contributed by atoms with Gasteiger partial charge in [0.15, 0.2) is 0 Å². The summed E-state index contributed by atoms with van der Waals surface area (Å²) < 4.78 is 0. The summed E-state index contributed by atoms with van der Waals surface area (Å²) in [6.07, 6.45) is 25.8. The van der Waals surface area contributed by atoms with Crippen molar-refractivity contribution in [2.24, 2.45) is 11.3 Å². The number of piperidine rings is 1. The Morgan fingerprint density at radius 1 is 0.854 bits per heavy atom. The maximum atomic E-state index is 12.9. The Morgan fingerprint density at radius 3 is 2.56 bits per heavy atom. The molecule has 3 N–H and O–H groups in total. The van der Waals surface area contributed by atoms with E-state index in [2.05, 4.69) is 75.9 Å². The highest BCUT2D eigenvalue weighted by Gasteiger charge is 2.58. The first-order chi connectivity index (χ1) is 20.2. The van der Waals surface area contributed by atoms with Crippen molar-refractivity contribution >= 4 is 27.4 Å². The highest BCUT2D eigenvalue weighted by atomic mass is 16.3. The number of aromatic nitrogens is 2. The Hall–Kier alpha value is -2.73. The molecule has 5 unspecified atom stereocenters. The first kappa shape index (κ1) is 27.1. The summed E-state index contributed by atoms with van der Waals surface area (Å²) in [4.78, 5) is 11.6. The lowest BCUT2D eigenvalue weighted by atomic mass is 9.53. The molecule has 5 heteroatoms. The first-order valence-corrected chi connectivity index (χ1v) is 16.2. The van der Waals surface area contributed by atoms with Crippen LogP contribution in [0.3, 0.4) is 0 Å². The van der Waals surface area contributed by atoms with E-state index in [1.54, 1.807) is 0 Å². The van der Waals surface area contributed by atoms with Gasteiger partial charge in [0.1, 0.15) is 0 Å². The summed E-state index contributed by atoms with van der Waals surface area (Å²) >= 11 is 0. The number of fused-ring (bicyclic) bond motifs is 4. The molecule has 3 bridgehead atoms. The molecule has 1 aliphatic carbocycles. The van der Waals surface area contributed by atoms with Crippen LogP contribution in [0.4, 0.5) is 0 Å². The molecule has 0 radical (unpaired) electrons. The van der Waals surface area contributed by atoms with Crippen LogP contribution in [0.5, 0.6) is 0 Å². The van der Waals surface area contributed by atoms with E-state index in [-0.39, 0.29) is 11.5 Å². The van der Waals surface area contributed by atoms with Crippen LogP contribution in [-0.4, -0.2) is 57.8 Å². The van der Waals surface area contributed by atoms with Crippen LogP contribution in [0.25, 0.3) is 27.4 Å². The van der Waals surface area contributed by atoms with Gasteiger partial charge < -0.3 is 20.3 Å². The van der Waals surface area contributed by atoms with E-state index in [4.69, 9.17) is 4.98 Å². The fourth-order valence-corrected chi connectivity index (χ4v) is 8.69. The third kappa shape index (κ3) is 5.00. The normalized spacial score (nSPS) is 34.9. The number of pyridine rings is 1. The third-order valence-electron chi connectivity index (χ3n) is 10.6. The number of para-hydroxylation sites is 1. The molecule has 5 heterocycles. The Balaban J connectivity index is 1.44. The van der Waals surface area contributed by atoms with Crippen LogP contribution in [-0.2, 0) is 0 Å². The van der Waals surface area contributed by atoms with Gasteiger partial charge >= 0.3 is 0 Å². The number of H-pyrrole nitrogens is 1. The van der Waals surface area contributed by atoms with Gasteiger partial charge in [-0.05, 0) is 120 Å². The number of aliphatic hydroxyl groups is 1. The highest BCUT2D eigenvalue weighted by molar-refractivity contribution is 6.09. The van der Waals surface area contributed by atoms with Crippen molar-refractivity contribution in [1.29, 1.82) is 0 Å². The van der Waals surface area contributed by atoms with Gasteiger partial charge in [-0.15, -0.1) is 0 Å². The number of nitrogens with zero attached hydrogens (tertiary/aromatic N) is 2. The molecular weight excluding hydrogens is 504 g/mol. The van der Waals surface area contributed by atoms with Crippen LogP contribution in [0.2, 0.25) is 0 Å². The van der Waals surface area contributed by atoms with Crippen molar-refractivity contribution in [1.82, 2.24) is 20.2 Å². The van der Waals surface area contributed by atoms with Crippen molar-refractivity contribution in [2.75, 3.05) is 26.2 Å². The lowest BCUT2D eigenvalue weighted by Gasteiger charge is -2.60. The molecule has 1 spiro atoms. The zero-order chi connectivity index (χ0) is 27.7. The largest absolute Gasteiger partial charge is 0.384 e. The maximum Gasteiger partial charge on any atom is 0.0995 e. The minimum Gasteiger partial charge on any atom is -0.384 e. The third-order valence-corrected chi connectivity index (χ3v) is 10.6. The lowest BCUT2D eigenvalue weighted by molar-refractivity contribution is -0.0798. The van der Waals surface area contributed by atoms with Crippen LogP contribution in [0, 0.1) is 11.3 Å². The van der Waals surface area contributed by atoms with Gasteiger partial charge in [0.05, 0.1) is 16.8 Å². The Kier molecular flexibility index (Phi) is 7.61. The van der Waals surface area contributed by atoms with E-state index in [9.17, 15) is 5.11 Å². The maximum absolute atomic E-state index is 12.9. The van der Waals surface area contributed by atoms with Crippen molar-refractivity contribution in [3.63, 3.8) is 0 Å². The fourth-order valence-electron chi connectivity index (χ4n) is 8.69. The standard InChI is InChI=1S/C36H46N4O/c41-36-20-12-6-2-4-8-14-23-40-24-18-30(35(26-40)19-11-5-1-3-7-13-21-38-34(35)36)29(25-36)32-33-28(17-22-37-32)27-15-9-10-16-31(27)39-33/h1-2,5-6,9-10,15-17,22,25,30,34,38-39,41H,3-4,7-8,11-14,18-21,23-24,26H2/b5-1-,6-2-. The number of hydrogen-bond acceptors (Lipinski definition) is 4. The molecule has 1 aromatic carbocycles. The Morgan fingerprint density at radius 2 is 1.66 bits per heavy atom. The van der Waals surface area contributed by atoms with Gasteiger partial charge in [-0.3, -0.25) is 4.98 Å². The molecule has 41 heavy (non-hydrogen) atoms. The minimum atomic E-state index is -0.944. The predicted molar refractivity (Wildman–Crippen MR) is 170 cm³/mol. The molecule has 0 saturated carbocycles. The summed E-state index contributed by atoms with van der Waals surface area (Å²) in [6.45, 7) is 4.27. The summed E-state index contributed by atoms with van der Waals surface area (Å²) in [5, 5.41) is 19.4. The molecule has 7 rings (SSSR count). The number of allylic oxidation sites excluding steroid dienone is 5. The average molecular weight is 551 g/mol. The molecule has 0 amide bonds. The molecule has 5 atom stereocenters. The van der Waals surface area contributed by atoms with Crippen molar-refractivity contribution in [2.45, 2.75) is 82.3 Å². The quantitative estimate of drug-likeness (QED) is 0.282. The second kappa shape index (κ2) is 11.5. The first-order valence-electron chi connectivity index (χ1n) is 16.2. The fraction of sp³-hybridized carbons (Fsp3) is 0.528. The van der Waals surface area contributed by atoms with Gasteiger partial charge in [0, 0.05) is 40.5 Å². The number of rotatable bonds is 1.